The van der Waals surface area contributed by atoms with Gasteiger partial charge >= 0.3 is 6.43 Å². The molecule has 2 atom stereocenters. The molecule has 0 bridgehead atoms. The summed E-state index contributed by atoms with van der Waals surface area (Å²) >= 11 is 0. The second kappa shape index (κ2) is 5.27. The normalized spacial score (nSPS) is 27.7. The van der Waals surface area contributed by atoms with Gasteiger partial charge in [-0.1, -0.05) is 19.8 Å². The second-order valence-electron chi connectivity index (χ2n) is 4.18. The van der Waals surface area contributed by atoms with Crippen molar-refractivity contribution in [3.05, 3.63) is 0 Å². The van der Waals surface area contributed by atoms with Crippen molar-refractivity contribution in [2.24, 2.45) is 11.8 Å². The fourth-order valence-electron chi connectivity index (χ4n) is 2.07. The van der Waals surface area contributed by atoms with Crippen LogP contribution in [0.5, 0.6) is 0 Å². The molecule has 1 aliphatic carbocycles. The monoisotopic (exact) mass is 205 g/mol. The maximum Gasteiger partial charge on any atom is 0.315 e. The average molecular weight is 205 g/mol. The molecule has 14 heavy (non-hydrogen) atoms. The van der Waals surface area contributed by atoms with E-state index >= 15 is 0 Å². The lowest BCUT2D eigenvalue weighted by Crippen LogP contribution is -2.35. The van der Waals surface area contributed by atoms with Crippen molar-refractivity contribution in [2.45, 2.75) is 39.0 Å². The molecule has 82 valence electrons. The van der Waals surface area contributed by atoms with E-state index in [0.29, 0.717) is 18.4 Å². The molecule has 0 aromatic rings. The number of alkyl halides is 2. The van der Waals surface area contributed by atoms with Crippen molar-refractivity contribution in [2.75, 3.05) is 6.54 Å². The lowest BCUT2D eigenvalue weighted by molar-refractivity contribution is -0.132. The molecule has 0 heterocycles. The van der Waals surface area contributed by atoms with Crippen LogP contribution >= 0.6 is 0 Å². The minimum Gasteiger partial charge on any atom is -0.351 e. The first-order valence-electron chi connectivity index (χ1n) is 5.15. The number of halogens is 2. The summed E-state index contributed by atoms with van der Waals surface area (Å²) in [5, 5.41) is 2.28. The molecular weight excluding hydrogens is 188 g/mol. The summed E-state index contributed by atoms with van der Waals surface area (Å²) in [5.74, 6) is -0.0816. The predicted octanol–water partition coefficient (Wildman–Crippen LogP) is 2.19. The molecule has 1 fully saturated rings. The zero-order valence-corrected chi connectivity index (χ0v) is 8.43. The molecule has 1 saturated carbocycles. The highest BCUT2D eigenvalue weighted by Crippen LogP contribution is 2.27. The van der Waals surface area contributed by atoms with Crippen LogP contribution in [-0.4, -0.2) is 18.9 Å². The summed E-state index contributed by atoms with van der Waals surface area (Å²) in [4.78, 5) is 10.6. The Kier molecular flexibility index (Phi) is 4.29. The van der Waals surface area contributed by atoms with Gasteiger partial charge in [-0.05, 0) is 24.7 Å². The molecular formula is C10H17F2NO. The van der Waals surface area contributed by atoms with E-state index in [-0.39, 0.29) is 0 Å². The Bertz CT molecular complexity index is 197. The zero-order chi connectivity index (χ0) is 10.6. The van der Waals surface area contributed by atoms with E-state index in [1.54, 1.807) is 0 Å². The average Bonchev–Trinajstić information content (AvgIpc) is 2.14. The van der Waals surface area contributed by atoms with Crippen LogP contribution in [0, 0.1) is 11.8 Å². The Morgan fingerprint density at radius 3 is 2.79 bits per heavy atom. The molecule has 1 aliphatic rings. The maximum absolute atomic E-state index is 11.8. The highest BCUT2D eigenvalue weighted by molar-refractivity contribution is 5.78. The van der Waals surface area contributed by atoms with Crippen LogP contribution in [0.3, 0.4) is 0 Å². The Labute approximate surface area is 83.1 Å². The van der Waals surface area contributed by atoms with Crippen LogP contribution in [0.2, 0.25) is 0 Å². The Morgan fingerprint density at radius 1 is 1.50 bits per heavy atom. The first-order chi connectivity index (χ1) is 6.59. The molecule has 1 N–H and O–H groups in total. The summed E-state index contributed by atoms with van der Waals surface area (Å²) in [7, 11) is 0. The lowest BCUT2D eigenvalue weighted by atomic mass is 9.82. The maximum atomic E-state index is 11.8. The summed E-state index contributed by atoms with van der Waals surface area (Å²) in [6.45, 7) is 2.58. The SMILES string of the molecule is CC1CCCC(CNC(=O)C(F)F)C1. The van der Waals surface area contributed by atoms with Crippen LogP contribution in [0.1, 0.15) is 32.6 Å². The van der Waals surface area contributed by atoms with E-state index in [2.05, 4.69) is 12.2 Å². The Hall–Kier alpha value is -0.670. The number of carbonyl (C=O) groups excluding carboxylic acids is 1. The quantitative estimate of drug-likeness (QED) is 0.751. The fourth-order valence-corrected chi connectivity index (χ4v) is 2.07. The van der Waals surface area contributed by atoms with Gasteiger partial charge < -0.3 is 5.32 Å². The molecule has 4 heteroatoms. The molecule has 0 aromatic carbocycles. The molecule has 1 amide bonds. The van der Waals surface area contributed by atoms with Crippen molar-refractivity contribution in [3.8, 4) is 0 Å². The summed E-state index contributed by atoms with van der Waals surface area (Å²) in [6, 6.07) is 0. The molecule has 0 aliphatic heterocycles. The smallest absolute Gasteiger partial charge is 0.315 e. The molecule has 1 rings (SSSR count). The van der Waals surface area contributed by atoms with Gasteiger partial charge in [0.05, 0.1) is 0 Å². The molecule has 0 saturated heterocycles. The van der Waals surface area contributed by atoms with Crippen LogP contribution in [0.25, 0.3) is 0 Å². The van der Waals surface area contributed by atoms with E-state index < -0.39 is 12.3 Å². The van der Waals surface area contributed by atoms with E-state index in [1.165, 1.54) is 6.42 Å². The summed E-state index contributed by atoms with van der Waals surface area (Å²) in [6.07, 6.45) is 1.59. The van der Waals surface area contributed by atoms with Crippen molar-refractivity contribution >= 4 is 5.91 Å². The van der Waals surface area contributed by atoms with Gasteiger partial charge in [0.25, 0.3) is 5.91 Å². The van der Waals surface area contributed by atoms with Gasteiger partial charge in [-0.3, -0.25) is 4.79 Å². The number of hydrogen-bond acceptors (Lipinski definition) is 1. The van der Waals surface area contributed by atoms with Crippen molar-refractivity contribution in [1.82, 2.24) is 5.32 Å². The summed E-state index contributed by atoms with van der Waals surface area (Å²) < 4.78 is 23.7. The van der Waals surface area contributed by atoms with Crippen LogP contribution in [0.4, 0.5) is 8.78 Å². The number of carbonyl (C=O) groups is 1. The largest absolute Gasteiger partial charge is 0.351 e. The molecule has 2 nitrogen and oxygen atoms in total. The van der Waals surface area contributed by atoms with Gasteiger partial charge in [0.1, 0.15) is 0 Å². The van der Waals surface area contributed by atoms with Gasteiger partial charge in [-0.15, -0.1) is 0 Å². The van der Waals surface area contributed by atoms with Gasteiger partial charge in [-0.25, -0.2) is 0 Å². The van der Waals surface area contributed by atoms with Crippen LogP contribution in [0.15, 0.2) is 0 Å². The Balaban J connectivity index is 2.20. The van der Waals surface area contributed by atoms with Gasteiger partial charge in [0.2, 0.25) is 0 Å². The van der Waals surface area contributed by atoms with Crippen LogP contribution in [-0.2, 0) is 4.79 Å². The van der Waals surface area contributed by atoms with Gasteiger partial charge in [-0.2, -0.15) is 8.78 Å². The first kappa shape index (κ1) is 11.4. The third-order valence-electron chi connectivity index (χ3n) is 2.81. The van der Waals surface area contributed by atoms with Crippen LogP contribution < -0.4 is 5.32 Å². The third kappa shape index (κ3) is 3.60. The van der Waals surface area contributed by atoms with E-state index in [9.17, 15) is 13.6 Å². The molecule has 2 unspecified atom stereocenters. The minimum atomic E-state index is -2.88. The highest BCUT2D eigenvalue weighted by Gasteiger charge is 2.21. The third-order valence-corrected chi connectivity index (χ3v) is 2.81. The number of nitrogens with one attached hydrogen (secondary N) is 1. The molecule has 0 radical (unpaired) electrons. The standard InChI is InChI=1S/C10H17F2NO/c1-7-3-2-4-8(5-7)6-13-10(14)9(11)12/h7-9H,2-6H2,1H3,(H,13,14). The second-order valence-corrected chi connectivity index (χ2v) is 4.18. The molecule has 0 spiro atoms. The fraction of sp³-hybridized carbons (Fsp3) is 0.900. The minimum absolute atomic E-state index is 0.390. The molecule has 0 aromatic heterocycles. The van der Waals surface area contributed by atoms with E-state index in [4.69, 9.17) is 0 Å². The highest BCUT2D eigenvalue weighted by atomic mass is 19.3. The number of rotatable bonds is 3. The predicted molar refractivity (Wildman–Crippen MR) is 50.1 cm³/mol. The number of amides is 1. The van der Waals surface area contributed by atoms with Crippen molar-refractivity contribution in [1.29, 1.82) is 0 Å². The zero-order valence-electron chi connectivity index (χ0n) is 8.43. The number of hydrogen-bond donors (Lipinski definition) is 1. The lowest BCUT2D eigenvalue weighted by Gasteiger charge is -2.26. The van der Waals surface area contributed by atoms with Gasteiger partial charge in [0.15, 0.2) is 0 Å². The van der Waals surface area contributed by atoms with Crippen molar-refractivity contribution < 1.29 is 13.6 Å². The Morgan fingerprint density at radius 2 is 2.21 bits per heavy atom. The first-order valence-corrected chi connectivity index (χ1v) is 5.15. The van der Waals surface area contributed by atoms with E-state index in [0.717, 1.165) is 19.3 Å². The van der Waals surface area contributed by atoms with E-state index in [1.807, 2.05) is 0 Å². The van der Waals surface area contributed by atoms with Gasteiger partial charge in [0, 0.05) is 6.54 Å². The topological polar surface area (TPSA) is 29.1 Å². The van der Waals surface area contributed by atoms with Crippen molar-refractivity contribution in [3.63, 3.8) is 0 Å². The summed E-state index contributed by atoms with van der Waals surface area (Å²) in [5.41, 5.74) is 0.